The summed E-state index contributed by atoms with van der Waals surface area (Å²) in [5.74, 6) is 1.15. The first-order chi connectivity index (χ1) is 13.2. The van der Waals surface area contributed by atoms with Gasteiger partial charge in [0.15, 0.2) is 0 Å². The minimum absolute atomic E-state index is 0.288. The van der Waals surface area contributed by atoms with Crippen LogP contribution in [0.25, 0.3) is 0 Å². The number of nitrogens with one attached hydrogen (secondary N) is 1. The van der Waals surface area contributed by atoms with E-state index in [9.17, 15) is 4.79 Å². The number of carbonyl (C=O) groups is 1. The number of carbonyl (C=O) groups excluding carboxylic acids is 1. The summed E-state index contributed by atoms with van der Waals surface area (Å²) in [7, 11) is 1.60. The van der Waals surface area contributed by atoms with Crippen LogP contribution in [0.4, 0.5) is 0 Å². The summed E-state index contributed by atoms with van der Waals surface area (Å²) in [6.45, 7) is 0.483. The van der Waals surface area contributed by atoms with Crippen molar-refractivity contribution in [3.8, 4) is 11.5 Å². The summed E-state index contributed by atoms with van der Waals surface area (Å²) < 4.78 is 10.9. The SMILES string of the molecule is COc1cccc(/C=N/NC(=O)c2ccc(OCc3ccccc3)cc2)c1. The average Bonchev–Trinajstić information content (AvgIpc) is 2.73. The zero-order valence-electron chi connectivity index (χ0n) is 15.0. The van der Waals surface area contributed by atoms with E-state index in [2.05, 4.69) is 10.5 Å². The lowest BCUT2D eigenvalue weighted by Gasteiger charge is -2.07. The van der Waals surface area contributed by atoms with E-state index in [1.165, 1.54) is 0 Å². The Morgan fingerprint density at radius 1 is 0.963 bits per heavy atom. The molecule has 0 aliphatic heterocycles. The maximum Gasteiger partial charge on any atom is 0.271 e. The molecule has 136 valence electrons. The zero-order chi connectivity index (χ0) is 18.9. The fourth-order valence-electron chi connectivity index (χ4n) is 2.40. The first-order valence-corrected chi connectivity index (χ1v) is 8.49. The van der Waals surface area contributed by atoms with Gasteiger partial charge >= 0.3 is 0 Å². The van der Waals surface area contributed by atoms with Crippen molar-refractivity contribution in [1.29, 1.82) is 0 Å². The third-order valence-electron chi connectivity index (χ3n) is 3.84. The van der Waals surface area contributed by atoms with Crippen molar-refractivity contribution in [2.45, 2.75) is 6.61 Å². The fourth-order valence-corrected chi connectivity index (χ4v) is 2.40. The van der Waals surface area contributed by atoms with Crippen molar-refractivity contribution in [3.05, 3.63) is 95.6 Å². The maximum absolute atomic E-state index is 12.2. The van der Waals surface area contributed by atoms with Gasteiger partial charge in [0.05, 0.1) is 13.3 Å². The quantitative estimate of drug-likeness (QED) is 0.511. The first-order valence-electron chi connectivity index (χ1n) is 8.49. The standard InChI is InChI=1S/C22H20N2O3/c1-26-21-9-5-8-18(14-21)15-23-24-22(25)19-10-12-20(13-11-19)27-16-17-6-3-2-4-7-17/h2-15H,16H2,1H3,(H,24,25)/b23-15+. The van der Waals surface area contributed by atoms with Crippen LogP contribution < -0.4 is 14.9 Å². The lowest BCUT2D eigenvalue weighted by atomic mass is 10.2. The third kappa shape index (κ3) is 5.44. The van der Waals surface area contributed by atoms with Gasteiger partial charge in [0.25, 0.3) is 5.91 Å². The highest BCUT2D eigenvalue weighted by atomic mass is 16.5. The van der Waals surface area contributed by atoms with Crippen LogP contribution in [-0.2, 0) is 6.61 Å². The average molecular weight is 360 g/mol. The summed E-state index contributed by atoms with van der Waals surface area (Å²) in [5, 5.41) is 3.98. The highest BCUT2D eigenvalue weighted by Gasteiger charge is 2.04. The molecular weight excluding hydrogens is 340 g/mol. The molecule has 0 spiro atoms. The van der Waals surface area contributed by atoms with Crippen molar-refractivity contribution in [1.82, 2.24) is 5.43 Å². The zero-order valence-corrected chi connectivity index (χ0v) is 15.0. The summed E-state index contributed by atoms with van der Waals surface area (Å²) in [6, 6.07) is 24.3. The van der Waals surface area contributed by atoms with E-state index in [1.807, 2.05) is 54.6 Å². The van der Waals surface area contributed by atoms with Gasteiger partial charge in [-0.15, -0.1) is 0 Å². The molecule has 1 amide bonds. The van der Waals surface area contributed by atoms with Crippen molar-refractivity contribution >= 4 is 12.1 Å². The first kappa shape index (κ1) is 18.2. The number of hydrogen-bond donors (Lipinski definition) is 1. The molecule has 5 nitrogen and oxygen atoms in total. The largest absolute Gasteiger partial charge is 0.497 e. The molecule has 1 N–H and O–H groups in total. The smallest absolute Gasteiger partial charge is 0.271 e. The van der Waals surface area contributed by atoms with Crippen LogP contribution in [0.5, 0.6) is 11.5 Å². The minimum Gasteiger partial charge on any atom is -0.497 e. The molecule has 0 aromatic heterocycles. The molecule has 0 fully saturated rings. The Balaban J connectivity index is 1.53. The molecule has 0 aliphatic rings. The lowest BCUT2D eigenvalue weighted by molar-refractivity contribution is 0.0955. The van der Waals surface area contributed by atoms with Gasteiger partial charge in [-0.1, -0.05) is 42.5 Å². The maximum atomic E-state index is 12.2. The molecule has 5 heteroatoms. The fraction of sp³-hybridized carbons (Fsp3) is 0.0909. The number of ether oxygens (including phenoxy) is 2. The molecule has 27 heavy (non-hydrogen) atoms. The molecule has 3 aromatic rings. The van der Waals surface area contributed by atoms with E-state index in [1.54, 1.807) is 37.6 Å². The van der Waals surface area contributed by atoms with E-state index in [-0.39, 0.29) is 5.91 Å². The van der Waals surface area contributed by atoms with Crippen molar-refractivity contribution in [2.24, 2.45) is 5.10 Å². The normalized spacial score (nSPS) is 10.6. The van der Waals surface area contributed by atoms with Gasteiger partial charge in [-0.05, 0) is 47.5 Å². The second kappa shape index (κ2) is 9.20. The van der Waals surface area contributed by atoms with Crippen LogP contribution in [0.15, 0.2) is 84.0 Å². The second-order valence-electron chi connectivity index (χ2n) is 5.77. The summed E-state index contributed by atoms with van der Waals surface area (Å²) >= 11 is 0. The Morgan fingerprint density at radius 2 is 1.74 bits per heavy atom. The Kier molecular flexibility index (Phi) is 6.20. The summed E-state index contributed by atoms with van der Waals surface area (Å²) in [6.07, 6.45) is 1.57. The molecule has 0 saturated carbocycles. The molecule has 0 aliphatic carbocycles. The molecule has 0 saturated heterocycles. The van der Waals surface area contributed by atoms with E-state index in [0.717, 1.165) is 16.9 Å². The lowest BCUT2D eigenvalue weighted by Crippen LogP contribution is -2.17. The van der Waals surface area contributed by atoms with Crippen molar-refractivity contribution in [2.75, 3.05) is 7.11 Å². The van der Waals surface area contributed by atoms with E-state index in [4.69, 9.17) is 9.47 Å². The van der Waals surface area contributed by atoms with Gasteiger partial charge in [0.1, 0.15) is 18.1 Å². The van der Waals surface area contributed by atoms with Gasteiger partial charge in [-0.3, -0.25) is 4.79 Å². The predicted octanol–water partition coefficient (Wildman–Crippen LogP) is 4.04. The molecular formula is C22H20N2O3. The van der Waals surface area contributed by atoms with Crippen LogP contribution in [0.1, 0.15) is 21.5 Å². The molecule has 0 heterocycles. The van der Waals surface area contributed by atoms with Gasteiger partial charge in [0.2, 0.25) is 0 Å². The number of rotatable bonds is 7. The Bertz CT molecular complexity index is 906. The Labute approximate surface area is 158 Å². The molecule has 3 rings (SSSR count). The van der Waals surface area contributed by atoms with Crippen LogP contribution in [0, 0.1) is 0 Å². The Morgan fingerprint density at radius 3 is 2.48 bits per heavy atom. The van der Waals surface area contributed by atoms with Crippen molar-refractivity contribution < 1.29 is 14.3 Å². The van der Waals surface area contributed by atoms with Gasteiger partial charge in [0, 0.05) is 5.56 Å². The highest BCUT2D eigenvalue weighted by molar-refractivity contribution is 5.95. The summed E-state index contributed by atoms with van der Waals surface area (Å²) in [5.41, 5.74) is 4.94. The van der Waals surface area contributed by atoms with Gasteiger partial charge in [-0.2, -0.15) is 5.10 Å². The number of benzene rings is 3. The predicted molar refractivity (Wildman–Crippen MR) is 105 cm³/mol. The van der Waals surface area contributed by atoms with Crippen LogP contribution in [-0.4, -0.2) is 19.2 Å². The summed E-state index contributed by atoms with van der Waals surface area (Å²) in [4.78, 5) is 12.2. The molecule has 3 aromatic carbocycles. The topological polar surface area (TPSA) is 59.9 Å². The minimum atomic E-state index is -0.288. The second-order valence-corrected chi connectivity index (χ2v) is 5.77. The van der Waals surface area contributed by atoms with E-state index >= 15 is 0 Å². The number of amides is 1. The monoisotopic (exact) mass is 360 g/mol. The van der Waals surface area contributed by atoms with E-state index in [0.29, 0.717) is 17.9 Å². The molecule has 0 radical (unpaired) electrons. The van der Waals surface area contributed by atoms with Gasteiger partial charge in [-0.25, -0.2) is 5.43 Å². The number of nitrogens with zero attached hydrogens (tertiary/aromatic N) is 1. The Hall–Kier alpha value is -3.60. The third-order valence-corrected chi connectivity index (χ3v) is 3.84. The van der Waals surface area contributed by atoms with Gasteiger partial charge < -0.3 is 9.47 Å². The number of hydrogen-bond acceptors (Lipinski definition) is 4. The number of methoxy groups -OCH3 is 1. The van der Waals surface area contributed by atoms with Crippen LogP contribution >= 0.6 is 0 Å². The molecule has 0 bridgehead atoms. The van der Waals surface area contributed by atoms with Crippen molar-refractivity contribution in [3.63, 3.8) is 0 Å². The van der Waals surface area contributed by atoms with Crippen LogP contribution in [0.2, 0.25) is 0 Å². The van der Waals surface area contributed by atoms with E-state index < -0.39 is 0 Å². The highest BCUT2D eigenvalue weighted by Crippen LogP contribution is 2.14. The molecule has 0 atom stereocenters. The van der Waals surface area contributed by atoms with Crippen LogP contribution in [0.3, 0.4) is 0 Å². The molecule has 0 unspecified atom stereocenters. The number of hydrazone groups is 1.